The largest absolute Gasteiger partial charge is 0.376 e. The average Bonchev–Trinajstić information content (AvgIpc) is 2.37. The lowest BCUT2D eigenvalue weighted by atomic mass is 9.80. The quantitative estimate of drug-likeness (QED) is 0.819. The predicted molar refractivity (Wildman–Crippen MR) is 91.9 cm³/mol. The van der Waals surface area contributed by atoms with Gasteiger partial charge in [0, 0.05) is 6.61 Å². The molecule has 0 aliphatic heterocycles. The van der Waals surface area contributed by atoms with Crippen molar-refractivity contribution in [1.82, 2.24) is 5.32 Å². The number of likely N-dealkylation sites (N-methyl/N-ethyl adjacent to an activating group) is 1. The van der Waals surface area contributed by atoms with Crippen molar-refractivity contribution in [2.45, 2.75) is 67.5 Å². The van der Waals surface area contributed by atoms with E-state index < -0.39 is 0 Å². The van der Waals surface area contributed by atoms with Gasteiger partial charge in [-0.2, -0.15) is 0 Å². The van der Waals surface area contributed by atoms with Crippen LogP contribution in [0.2, 0.25) is 0 Å². The molecule has 0 saturated carbocycles. The molecule has 2 heteroatoms. The zero-order chi connectivity index (χ0) is 16.2. The molecule has 0 fully saturated rings. The minimum atomic E-state index is 0.0913. The molecule has 0 spiro atoms. The Morgan fingerprint density at radius 3 is 2.05 bits per heavy atom. The summed E-state index contributed by atoms with van der Waals surface area (Å²) in [6.45, 7) is 19.3. The number of aryl methyl sites for hydroxylation is 3. The molecule has 0 radical (unpaired) electrons. The number of rotatable bonds is 6. The Bertz CT molecular complexity index is 459. The fourth-order valence-corrected chi connectivity index (χ4v) is 2.94. The number of nitrogens with one attached hydrogen (secondary N) is 1. The first kappa shape index (κ1) is 18.2. The molecular weight excluding hydrogens is 258 g/mol. The van der Waals surface area contributed by atoms with E-state index in [1.54, 1.807) is 0 Å². The molecule has 0 bridgehead atoms. The van der Waals surface area contributed by atoms with Crippen molar-refractivity contribution in [3.8, 4) is 0 Å². The zero-order valence-corrected chi connectivity index (χ0v) is 15.1. The van der Waals surface area contributed by atoms with E-state index >= 15 is 0 Å². The number of hydrogen-bond acceptors (Lipinski definition) is 2. The minimum absolute atomic E-state index is 0.0913. The fraction of sp³-hybridized carbons (Fsp3) is 0.684. The lowest BCUT2D eigenvalue weighted by Crippen LogP contribution is -2.42. The Morgan fingerprint density at radius 2 is 1.57 bits per heavy atom. The molecule has 0 aliphatic carbocycles. The molecule has 2 nitrogen and oxygen atoms in total. The summed E-state index contributed by atoms with van der Waals surface area (Å²) in [5.41, 5.74) is 5.51. The van der Waals surface area contributed by atoms with Gasteiger partial charge in [-0.05, 0) is 61.9 Å². The van der Waals surface area contributed by atoms with Crippen molar-refractivity contribution in [3.63, 3.8) is 0 Å². The summed E-state index contributed by atoms with van der Waals surface area (Å²) in [5, 5.41) is 3.65. The van der Waals surface area contributed by atoms with Gasteiger partial charge in [0.25, 0.3) is 0 Å². The van der Waals surface area contributed by atoms with Crippen molar-refractivity contribution in [2.24, 2.45) is 5.41 Å². The van der Waals surface area contributed by atoms with Crippen LogP contribution in [-0.2, 0) is 4.74 Å². The lowest BCUT2D eigenvalue weighted by Gasteiger charge is -2.38. The standard InChI is InChI=1S/C19H33NO/c1-9-20-17(18(21-10-2)19(6,7)8)16-12-14(4)13(3)11-15(16)5/h11-12,17-18,20H,9-10H2,1-8H3. The van der Waals surface area contributed by atoms with Crippen LogP contribution in [0, 0.1) is 26.2 Å². The average molecular weight is 291 g/mol. The lowest BCUT2D eigenvalue weighted by molar-refractivity contribution is -0.0364. The zero-order valence-electron chi connectivity index (χ0n) is 15.1. The van der Waals surface area contributed by atoms with Crippen LogP contribution in [0.15, 0.2) is 12.1 Å². The smallest absolute Gasteiger partial charge is 0.0817 e. The Hall–Kier alpha value is -0.860. The third-order valence-corrected chi connectivity index (χ3v) is 4.14. The summed E-state index contributed by atoms with van der Waals surface area (Å²) in [7, 11) is 0. The summed E-state index contributed by atoms with van der Waals surface area (Å²) in [5.74, 6) is 0. The van der Waals surface area contributed by atoms with E-state index in [0.29, 0.717) is 0 Å². The van der Waals surface area contributed by atoms with Gasteiger partial charge in [0.15, 0.2) is 0 Å². The molecule has 0 aromatic heterocycles. The van der Waals surface area contributed by atoms with Crippen molar-refractivity contribution in [2.75, 3.05) is 13.2 Å². The van der Waals surface area contributed by atoms with Gasteiger partial charge in [0.2, 0.25) is 0 Å². The second-order valence-electron chi connectivity index (χ2n) is 7.07. The molecule has 0 aliphatic rings. The van der Waals surface area contributed by atoms with Gasteiger partial charge in [0.1, 0.15) is 0 Å². The van der Waals surface area contributed by atoms with Crippen molar-refractivity contribution < 1.29 is 4.74 Å². The van der Waals surface area contributed by atoms with Crippen molar-refractivity contribution in [3.05, 3.63) is 34.4 Å². The number of hydrogen-bond donors (Lipinski definition) is 1. The maximum absolute atomic E-state index is 6.14. The number of ether oxygens (including phenoxy) is 1. The maximum Gasteiger partial charge on any atom is 0.0817 e. The third-order valence-electron chi connectivity index (χ3n) is 4.14. The SMILES string of the molecule is CCNC(c1cc(C)c(C)cc1C)C(OCC)C(C)(C)C. The Labute approximate surface area is 131 Å². The molecule has 120 valence electrons. The van der Waals surface area contributed by atoms with Gasteiger partial charge < -0.3 is 10.1 Å². The third kappa shape index (κ3) is 4.55. The summed E-state index contributed by atoms with van der Waals surface area (Å²) >= 11 is 0. The second kappa shape index (κ2) is 7.42. The second-order valence-corrected chi connectivity index (χ2v) is 7.07. The number of benzene rings is 1. The Balaban J connectivity index is 3.30. The summed E-state index contributed by atoms with van der Waals surface area (Å²) < 4.78 is 6.14. The van der Waals surface area contributed by atoms with Crippen LogP contribution >= 0.6 is 0 Å². The molecule has 2 atom stereocenters. The van der Waals surface area contributed by atoms with Gasteiger partial charge in [-0.15, -0.1) is 0 Å². The van der Waals surface area contributed by atoms with Crippen LogP contribution in [0.1, 0.15) is 62.9 Å². The first-order valence-corrected chi connectivity index (χ1v) is 8.15. The molecule has 2 unspecified atom stereocenters. The summed E-state index contributed by atoms with van der Waals surface area (Å²) in [6, 6.07) is 4.85. The van der Waals surface area contributed by atoms with Gasteiger partial charge >= 0.3 is 0 Å². The van der Waals surface area contributed by atoms with Crippen LogP contribution < -0.4 is 5.32 Å². The summed E-state index contributed by atoms with van der Waals surface area (Å²) in [6.07, 6.45) is 0.156. The van der Waals surface area contributed by atoms with E-state index in [1.165, 1.54) is 22.3 Å². The van der Waals surface area contributed by atoms with Crippen LogP contribution in [0.5, 0.6) is 0 Å². The molecule has 21 heavy (non-hydrogen) atoms. The highest BCUT2D eigenvalue weighted by molar-refractivity contribution is 5.39. The van der Waals surface area contributed by atoms with Gasteiger partial charge in [-0.3, -0.25) is 0 Å². The minimum Gasteiger partial charge on any atom is -0.376 e. The maximum atomic E-state index is 6.14. The van der Waals surface area contributed by atoms with Crippen LogP contribution in [0.4, 0.5) is 0 Å². The molecular formula is C19H33NO. The normalized spacial score (nSPS) is 15.0. The molecule has 1 aromatic rings. The van der Waals surface area contributed by atoms with Crippen molar-refractivity contribution in [1.29, 1.82) is 0 Å². The fourth-order valence-electron chi connectivity index (χ4n) is 2.94. The van der Waals surface area contributed by atoms with Crippen molar-refractivity contribution >= 4 is 0 Å². The van der Waals surface area contributed by atoms with Gasteiger partial charge in [-0.25, -0.2) is 0 Å². The highest BCUT2D eigenvalue weighted by atomic mass is 16.5. The molecule has 1 rings (SSSR count). The topological polar surface area (TPSA) is 21.3 Å². The van der Waals surface area contributed by atoms with E-state index in [-0.39, 0.29) is 17.6 Å². The monoisotopic (exact) mass is 291 g/mol. The Morgan fingerprint density at radius 1 is 1.00 bits per heavy atom. The first-order valence-electron chi connectivity index (χ1n) is 8.15. The first-order chi connectivity index (χ1) is 9.72. The van der Waals surface area contributed by atoms with E-state index in [0.717, 1.165) is 13.2 Å². The van der Waals surface area contributed by atoms with E-state index in [4.69, 9.17) is 4.74 Å². The van der Waals surface area contributed by atoms with E-state index in [1.807, 2.05) is 0 Å². The van der Waals surface area contributed by atoms with Gasteiger partial charge in [0.05, 0.1) is 12.1 Å². The van der Waals surface area contributed by atoms with Crippen LogP contribution in [0.25, 0.3) is 0 Å². The van der Waals surface area contributed by atoms with Gasteiger partial charge in [-0.1, -0.05) is 39.8 Å². The molecule has 0 amide bonds. The molecule has 0 saturated heterocycles. The van der Waals surface area contributed by atoms with Crippen LogP contribution in [-0.4, -0.2) is 19.3 Å². The van der Waals surface area contributed by atoms with Crippen LogP contribution in [0.3, 0.4) is 0 Å². The van der Waals surface area contributed by atoms with E-state index in [9.17, 15) is 0 Å². The van der Waals surface area contributed by atoms with E-state index in [2.05, 4.69) is 72.8 Å². The molecule has 1 aromatic carbocycles. The Kier molecular flexibility index (Phi) is 6.42. The molecule has 0 heterocycles. The predicted octanol–water partition coefficient (Wildman–Crippen LogP) is 4.71. The highest BCUT2D eigenvalue weighted by Gasteiger charge is 2.34. The molecule has 1 N–H and O–H groups in total. The highest BCUT2D eigenvalue weighted by Crippen LogP contribution is 2.35. The summed E-state index contributed by atoms with van der Waals surface area (Å²) in [4.78, 5) is 0.